The Balaban J connectivity index is 2.08. The lowest BCUT2D eigenvalue weighted by Crippen LogP contribution is -2.04. The largest absolute Gasteiger partial charge is 0.504 e. The van der Waals surface area contributed by atoms with Crippen molar-refractivity contribution in [1.82, 2.24) is 9.78 Å². The molecular weight excluding hydrogens is 230 g/mol. The number of aryl methyl sites for hydroxylation is 2. The summed E-state index contributed by atoms with van der Waals surface area (Å²) in [4.78, 5) is 0. The molecule has 0 aliphatic carbocycles. The van der Waals surface area contributed by atoms with Crippen molar-refractivity contribution in [2.24, 2.45) is 7.05 Å². The Morgan fingerprint density at radius 3 is 2.78 bits per heavy atom. The van der Waals surface area contributed by atoms with E-state index in [0.717, 1.165) is 17.1 Å². The average molecular weight is 247 g/mol. The predicted octanol–water partition coefficient (Wildman–Crippen LogP) is 2.05. The van der Waals surface area contributed by atoms with Crippen LogP contribution in [-0.4, -0.2) is 22.0 Å². The molecule has 0 radical (unpaired) electrons. The van der Waals surface area contributed by atoms with Crippen LogP contribution in [-0.2, 0) is 13.6 Å². The Morgan fingerprint density at radius 2 is 2.17 bits per heavy atom. The molecule has 0 aliphatic heterocycles. The van der Waals surface area contributed by atoms with Crippen molar-refractivity contribution in [3.63, 3.8) is 0 Å². The number of ether oxygens (including phenoxy) is 1. The summed E-state index contributed by atoms with van der Waals surface area (Å²) < 4.78 is 6.87. The van der Waals surface area contributed by atoms with Gasteiger partial charge in [0.2, 0.25) is 0 Å². The molecule has 0 saturated carbocycles. The van der Waals surface area contributed by atoms with Gasteiger partial charge in [-0.2, -0.15) is 5.10 Å². The number of nitrogens with zero attached hydrogens (tertiary/aromatic N) is 2. The predicted molar refractivity (Wildman–Crippen MR) is 69.9 cm³/mol. The van der Waals surface area contributed by atoms with E-state index in [1.807, 2.05) is 32.2 Å². The van der Waals surface area contributed by atoms with Crippen LogP contribution in [0.5, 0.6) is 11.5 Å². The van der Waals surface area contributed by atoms with Crippen molar-refractivity contribution in [3.05, 3.63) is 35.5 Å². The van der Waals surface area contributed by atoms with E-state index in [-0.39, 0.29) is 5.75 Å². The fourth-order valence-corrected chi connectivity index (χ4v) is 1.80. The van der Waals surface area contributed by atoms with E-state index in [1.54, 1.807) is 10.7 Å². The quantitative estimate of drug-likeness (QED) is 0.868. The van der Waals surface area contributed by atoms with Crippen molar-refractivity contribution in [2.75, 3.05) is 12.4 Å². The van der Waals surface area contributed by atoms with Crippen molar-refractivity contribution < 1.29 is 9.84 Å². The first kappa shape index (κ1) is 12.3. The Labute approximate surface area is 106 Å². The number of hydrogen-bond acceptors (Lipinski definition) is 4. The highest BCUT2D eigenvalue weighted by Crippen LogP contribution is 2.26. The van der Waals surface area contributed by atoms with Crippen molar-refractivity contribution in [3.8, 4) is 11.5 Å². The molecule has 2 N–H and O–H groups in total. The molecule has 18 heavy (non-hydrogen) atoms. The SMILES string of the molecule is COc1cc(CNc2cc(C)nn2C)ccc1O. The highest BCUT2D eigenvalue weighted by molar-refractivity contribution is 5.44. The normalized spacial score (nSPS) is 10.4. The number of phenols is 1. The number of aromatic nitrogens is 2. The molecule has 2 aromatic rings. The van der Waals surface area contributed by atoms with E-state index in [0.29, 0.717) is 12.3 Å². The monoisotopic (exact) mass is 247 g/mol. The second-order valence-corrected chi connectivity index (χ2v) is 4.15. The Hall–Kier alpha value is -2.17. The first-order chi connectivity index (χ1) is 8.60. The molecule has 0 fully saturated rings. The van der Waals surface area contributed by atoms with Crippen LogP contribution < -0.4 is 10.1 Å². The zero-order valence-electron chi connectivity index (χ0n) is 10.8. The fraction of sp³-hybridized carbons (Fsp3) is 0.308. The molecule has 1 aromatic heterocycles. The lowest BCUT2D eigenvalue weighted by atomic mass is 10.2. The number of anilines is 1. The van der Waals surface area contributed by atoms with Gasteiger partial charge in [0.1, 0.15) is 5.82 Å². The molecule has 1 heterocycles. The van der Waals surface area contributed by atoms with Gasteiger partial charge in [0.05, 0.1) is 12.8 Å². The third-order valence-corrected chi connectivity index (χ3v) is 2.72. The van der Waals surface area contributed by atoms with Crippen LogP contribution >= 0.6 is 0 Å². The number of nitrogens with one attached hydrogen (secondary N) is 1. The molecule has 0 bridgehead atoms. The summed E-state index contributed by atoms with van der Waals surface area (Å²) in [7, 11) is 3.43. The molecular formula is C13H17N3O2. The highest BCUT2D eigenvalue weighted by Gasteiger charge is 2.04. The maximum Gasteiger partial charge on any atom is 0.160 e. The minimum Gasteiger partial charge on any atom is -0.504 e. The minimum absolute atomic E-state index is 0.151. The lowest BCUT2D eigenvalue weighted by molar-refractivity contribution is 0.373. The van der Waals surface area contributed by atoms with Gasteiger partial charge in [0, 0.05) is 19.7 Å². The number of rotatable bonds is 4. The van der Waals surface area contributed by atoms with E-state index >= 15 is 0 Å². The Morgan fingerprint density at radius 1 is 1.39 bits per heavy atom. The molecule has 96 valence electrons. The summed E-state index contributed by atoms with van der Waals surface area (Å²) in [6.07, 6.45) is 0. The van der Waals surface area contributed by atoms with Crippen LogP contribution in [0, 0.1) is 6.92 Å². The van der Waals surface area contributed by atoms with Gasteiger partial charge in [0.15, 0.2) is 11.5 Å². The minimum atomic E-state index is 0.151. The van der Waals surface area contributed by atoms with Gasteiger partial charge in [0.25, 0.3) is 0 Å². The van der Waals surface area contributed by atoms with Crippen LogP contribution in [0.2, 0.25) is 0 Å². The molecule has 1 aromatic carbocycles. The number of benzene rings is 1. The first-order valence-corrected chi connectivity index (χ1v) is 5.70. The average Bonchev–Trinajstić information content (AvgIpc) is 2.67. The second-order valence-electron chi connectivity index (χ2n) is 4.15. The van der Waals surface area contributed by atoms with E-state index in [1.165, 1.54) is 7.11 Å². The molecule has 0 saturated heterocycles. The number of hydrogen-bond donors (Lipinski definition) is 2. The third-order valence-electron chi connectivity index (χ3n) is 2.72. The van der Waals surface area contributed by atoms with E-state index in [9.17, 15) is 5.11 Å². The Kier molecular flexibility index (Phi) is 3.41. The van der Waals surface area contributed by atoms with Crippen LogP contribution in [0.4, 0.5) is 5.82 Å². The summed E-state index contributed by atoms with van der Waals surface area (Å²) in [5.74, 6) is 1.59. The van der Waals surface area contributed by atoms with Crippen LogP contribution in [0.25, 0.3) is 0 Å². The summed E-state index contributed by atoms with van der Waals surface area (Å²) in [6.45, 7) is 2.60. The standard InChI is InChI=1S/C13H17N3O2/c1-9-6-13(16(2)15-9)14-8-10-4-5-11(17)12(7-10)18-3/h4-7,14,17H,8H2,1-3H3. The maximum atomic E-state index is 9.51. The topological polar surface area (TPSA) is 59.3 Å². The fourth-order valence-electron chi connectivity index (χ4n) is 1.80. The van der Waals surface area contributed by atoms with Crippen molar-refractivity contribution in [1.29, 1.82) is 0 Å². The van der Waals surface area contributed by atoms with Gasteiger partial charge in [-0.05, 0) is 24.6 Å². The van der Waals surface area contributed by atoms with Gasteiger partial charge < -0.3 is 15.2 Å². The van der Waals surface area contributed by atoms with E-state index < -0.39 is 0 Å². The van der Waals surface area contributed by atoms with Crippen molar-refractivity contribution in [2.45, 2.75) is 13.5 Å². The molecule has 0 spiro atoms. The zero-order valence-corrected chi connectivity index (χ0v) is 10.8. The zero-order chi connectivity index (χ0) is 13.1. The van der Waals surface area contributed by atoms with Gasteiger partial charge in [-0.1, -0.05) is 6.07 Å². The molecule has 5 nitrogen and oxygen atoms in total. The van der Waals surface area contributed by atoms with Crippen LogP contribution in [0.1, 0.15) is 11.3 Å². The molecule has 2 rings (SSSR count). The molecule has 5 heteroatoms. The van der Waals surface area contributed by atoms with Gasteiger partial charge in [-0.15, -0.1) is 0 Å². The van der Waals surface area contributed by atoms with Gasteiger partial charge >= 0.3 is 0 Å². The van der Waals surface area contributed by atoms with Gasteiger partial charge in [-0.25, -0.2) is 0 Å². The molecule has 0 amide bonds. The first-order valence-electron chi connectivity index (χ1n) is 5.70. The summed E-state index contributed by atoms with van der Waals surface area (Å²) in [6, 6.07) is 7.28. The number of methoxy groups -OCH3 is 1. The highest BCUT2D eigenvalue weighted by atomic mass is 16.5. The second kappa shape index (κ2) is 5.00. The summed E-state index contributed by atoms with van der Waals surface area (Å²) in [5, 5.41) is 17.1. The lowest BCUT2D eigenvalue weighted by Gasteiger charge is -2.09. The summed E-state index contributed by atoms with van der Waals surface area (Å²) >= 11 is 0. The summed E-state index contributed by atoms with van der Waals surface area (Å²) in [5.41, 5.74) is 2.01. The van der Waals surface area contributed by atoms with Crippen LogP contribution in [0.15, 0.2) is 24.3 Å². The number of phenolic OH excluding ortho intramolecular Hbond substituents is 1. The van der Waals surface area contributed by atoms with Gasteiger partial charge in [-0.3, -0.25) is 4.68 Å². The molecule has 0 aliphatic rings. The number of aromatic hydroxyl groups is 1. The van der Waals surface area contributed by atoms with E-state index in [2.05, 4.69) is 10.4 Å². The third kappa shape index (κ3) is 2.56. The Bertz CT molecular complexity index is 549. The van der Waals surface area contributed by atoms with Crippen molar-refractivity contribution >= 4 is 5.82 Å². The molecule has 0 unspecified atom stereocenters. The smallest absolute Gasteiger partial charge is 0.160 e. The maximum absolute atomic E-state index is 9.51. The van der Waals surface area contributed by atoms with Crippen LogP contribution in [0.3, 0.4) is 0 Å². The van der Waals surface area contributed by atoms with E-state index in [4.69, 9.17) is 4.74 Å². The molecule has 0 atom stereocenters.